The number of amides is 1. The number of hydrogen-bond acceptors (Lipinski definition) is 7. The summed E-state index contributed by atoms with van der Waals surface area (Å²) in [6.07, 6.45) is 0.443. The summed E-state index contributed by atoms with van der Waals surface area (Å²) in [5.41, 5.74) is 4.07. The third-order valence-electron chi connectivity index (χ3n) is 5.91. The molecule has 1 amide bonds. The maximum atomic E-state index is 13.9. The second kappa shape index (κ2) is 6.69. The topological polar surface area (TPSA) is 136 Å². The summed E-state index contributed by atoms with van der Waals surface area (Å²) in [5, 5.41) is 9.40. The Morgan fingerprint density at radius 2 is 1.90 bits per heavy atom. The molecule has 1 aromatic rings. The molecule has 0 aromatic heterocycles. The summed E-state index contributed by atoms with van der Waals surface area (Å²) < 4.78 is 10.6. The molecule has 1 aromatic carbocycles. The molecule has 9 heteroatoms. The fraction of sp³-hybridized carbons (Fsp3) is 0.364. The summed E-state index contributed by atoms with van der Waals surface area (Å²) in [6, 6.07) is 6.46. The summed E-state index contributed by atoms with van der Waals surface area (Å²) in [4.78, 5) is 52.8. The molecule has 1 aliphatic carbocycles. The zero-order valence-corrected chi connectivity index (χ0v) is 17.4. The molecule has 3 aliphatic rings. The van der Waals surface area contributed by atoms with Crippen molar-refractivity contribution in [3.05, 3.63) is 52.6 Å². The number of hydrogen-bond donors (Lipinski definition) is 2. The second-order valence-electron chi connectivity index (χ2n) is 8.62. The van der Waals surface area contributed by atoms with Gasteiger partial charge in [0.25, 0.3) is 0 Å². The SMILES string of the molecule is COC(=O)C1=C(N)OC2=C(C(=O)CC(C)(C)C2)[C@@]12C(=O)N(CC(=O)O)c1ccccc12. The molecule has 2 heterocycles. The van der Waals surface area contributed by atoms with E-state index in [1.807, 2.05) is 13.8 Å². The van der Waals surface area contributed by atoms with E-state index in [-0.39, 0.29) is 40.7 Å². The van der Waals surface area contributed by atoms with E-state index in [2.05, 4.69) is 0 Å². The number of ketones is 1. The summed E-state index contributed by atoms with van der Waals surface area (Å²) in [6.45, 7) is 3.14. The molecule has 1 atom stereocenters. The minimum absolute atomic E-state index is 0.0202. The van der Waals surface area contributed by atoms with Crippen LogP contribution in [0, 0.1) is 5.41 Å². The van der Waals surface area contributed by atoms with E-state index in [0.717, 1.165) is 12.0 Å². The van der Waals surface area contributed by atoms with E-state index in [1.54, 1.807) is 24.3 Å². The van der Waals surface area contributed by atoms with Crippen molar-refractivity contribution in [3.8, 4) is 0 Å². The number of methoxy groups -OCH3 is 1. The first-order chi connectivity index (χ1) is 14.5. The Labute approximate surface area is 178 Å². The fourth-order valence-electron chi connectivity index (χ4n) is 4.85. The van der Waals surface area contributed by atoms with Crippen LogP contribution in [0.4, 0.5) is 5.69 Å². The van der Waals surface area contributed by atoms with Gasteiger partial charge in [-0.05, 0) is 11.5 Å². The highest BCUT2D eigenvalue weighted by atomic mass is 16.5. The third kappa shape index (κ3) is 2.76. The van der Waals surface area contributed by atoms with E-state index in [1.165, 1.54) is 0 Å². The number of carbonyl (C=O) groups excluding carboxylic acids is 3. The van der Waals surface area contributed by atoms with Gasteiger partial charge in [-0.25, -0.2) is 4.79 Å². The smallest absolute Gasteiger partial charge is 0.340 e. The lowest BCUT2D eigenvalue weighted by Gasteiger charge is -2.42. The average molecular weight is 426 g/mol. The average Bonchev–Trinajstić information content (AvgIpc) is 2.89. The van der Waals surface area contributed by atoms with Gasteiger partial charge in [-0.1, -0.05) is 32.0 Å². The van der Waals surface area contributed by atoms with Gasteiger partial charge in [0, 0.05) is 24.1 Å². The molecule has 2 aliphatic heterocycles. The van der Waals surface area contributed by atoms with Crippen LogP contribution in [0.3, 0.4) is 0 Å². The van der Waals surface area contributed by atoms with Crippen LogP contribution in [0.25, 0.3) is 0 Å². The van der Waals surface area contributed by atoms with Crippen LogP contribution in [0.15, 0.2) is 47.1 Å². The minimum atomic E-state index is -1.93. The lowest BCUT2D eigenvalue weighted by molar-refractivity contribution is -0.139. The van der Waals surface area contributed by atoms with Gasteiger partial charge < -0.3 is 20.3 Å². The van der Waals surface area contributed by atoms with Crippen LogP contribution in [0.5, 0.6) is 0 Å². The van der Waals surface area contributed by atoms with Gasteiger partial charge in [-0.2, -0.15) is 0 Å². The van der Waals surface area contributed by atoms with Gasteiger partial charge in [0.2, 0.25) is 11.8 Å². The number of nitrogens with zero attached hydrogens (tertiary/aromatic N) is 1. The molecule has 0 unspecified atom stereocenters. The predicted molar refractivity (Wildman–Crippen MR) is 107 cm³/mol. The number of para-hydroxylation sites is 1. The minimum Gasteiger partial charge on any atom is -0.480 e. The zero-order chi connectivity index (χ0) is 22.7. The number of carboxylic acid groups (broad SMARTS) is 1. The van der Waals surface area contributed by atoms with Crippen molar-refractivity contribution in [1.82, 2.24) is 0 Å². The first-order valence-electron chi connectivity index (χ1n) is 9.71. The van der Waals surface area contributed by atoms with Crippen LogP contribution in [0.2, 0.25) is 0 Å². The van der Waals surface area contributed by atoms with Gasteiger partial charge in [0.05, 0.1) is 12.7 Å². The predicted octanol–water partition coefficient (Wildman–Crippen LogP) is 1.37. The molecular weight excluding hydrogens is 404 g/mol. The normalized spacial score (nSPS) is 24.2. The van der Waals surface area contributed by atoms with Gasteiger partial charge >= 0.3 is 11.9 Å². The Hall–Kier alpha value is -3.62. The molecule has 0 saturated heterocycles. The van der Waals surface area contributed by atoms with Crippen LogP contribution < -0.4 is 10.6 Å². The molecule has 162 valence electrons. The van der Waals surface area contributed by atoms with Crippen molar-refractivity contribution < 1.29 is 33.8 Å². The van der Waals surface area contributed by atoms with Crippen LogP contribution >= 0.6 is 0 Å². The summed E-state index contributed by atoms with van der Waals surface area (Å²) >= 11 is 0. The van der Waals surface area contributed by atoms with Crippen molar-refractivity contribution in [2.24, 2.45) is 11.1 Å². The van der Waals surface area contributed by atoms with Gasteiger partial charge in [-0.15, -0.1) is 0 Å². The standard InChI is InChI=1S/C22H22N2O7/c1-21(2)8-13(25)16-14(9-21)31-18(23)17(19(28)30-3)22(16)11-6-4-5-7-12(11)24(20(22)29)10-15(26)27/h4-7H,8-10,23H2,1-3H3,(H,26,27)/t22-/m1/s1. The van der Waals surface area contributed by atoms with Crippen LogP contribution in [0.1, 0.15) is 32.3 Å². The number of nitrogens with two attached hydrogens (primary N) is 1. The molecule has 0 fully saturated rings. The Kier molecular flexibility index (Phi) is 4.46. The van der Waals surface area contributed by atoms with Crippen molar-refractivity contribution in [2.75, 3.05) is 18.6 Å². The molecule has 31 heavy (non-hydrogen) atoms. The van der Waals surface area contributed by atoms with Crippen molar-refractivity contribution >= 4 is 29.3 Å². The maximum Gasteiger partial charge on any atom is 0.340 e. The van der Waals surface area contributed by atoms with Crippen molar-refractivity contribution in [2.45, 2.75) is 32.1 Å². The molecule has 0 bridgehead atoms. The number of rotatable bonds is 3. The molecule has 9 nitrogen and oxygen atoms in total. The van der Waals surface area contributed by atoms with Crippen LogP contribution in [-0.4, -0.2) is 42.4 Å². The van der Waals surface area contributed by atoms with Gasteiger partial charge in [-0.3, -0.25) is 19.3 Å². The number of benzene rings is 1. The largest absolute Gasteiger partial charge is 0.480 e. The maximum absolute atomic E-state index is 13.9. The molecule has 3 N–H and O–H groups in total. The van der Waals surface area contributed by atoms with Crippen molar-refractivity contribution in [3.63, 3.8) is 0 Å². The lowest BCUT2D eigenvalue weighted by atomic mass is 9.62. The van der Waals surface area contributed by atoms with Gasteiger partial charge in [0.15, 0.2) is 5.78 Å². The number of Topliss-reactive ketones (excluding diaryl/α,β-unsaturated/α-hetero) is 1. The highest BCUT2D eigenvalue weighted by Crippen LogP contribution is 2.57. The first kappa shape index (κ1) is 20.6. The number of fused-ring (bicyclic) bond motifs is 3. The highest BCUT2D eigenvalue weighted by Gasteiger charge is 2.64. The Balaban J connectivity index is 2.10. The fourth-order valence-corrected chi connectivity index (χ4v) is 4.85. The third-order valence-corrected chi connectivity index (χ3v) is 5.91. The summed E-state index contributed by atoms with van der Waals surface area (Å²) in [5.74, 6) is -3.40. The number of esters is 1. The monoisotopic (exact) mass is 426 g/mol. The number of carboxylic acids is 1. The lowest BCUT2D eigenvalue weighted by Crippen LogP contribution is -2.52. The number of ether oxygens (including phenoxy) is 2. The van der Waals surface area contributed by atoms with E-state index >= 15 is 0 Å². The molecule has 0 radical (unpaired) electrons. The van der Waals surface area contributed by atoms with E-state index in [0.29, 0.717) is 12.0 Å². The number of aliphatic carboxylic acids is 1. The number of anilines is 1. The quantitative estimate of drug-likeness (QED) is 0.692. The Morgan fingerprint density at radius 3 is 2.55 bits per heavy atom. The molecule has 0 saturated carbocycles. The highest BCUT2D eigenvalue weighted by molar-refractivity contribution is 6.24. The number of carbonyl (C=O) groups is 4. The van der Waals surface area contributed by atoms with E-state index in [4.69, 9.17) is 15.2 Å². The molecule has 1 spiro atoms. The molecular formula is C22H22N2O7. The van der Waals surface area contributed by atoms with Crippen LogP contribution in [-0.2, 0) is 34.1 Å². The summed E-state index contributed by atoms with van der Waals surface area (Å²) in [7, 11) is 1.13. The molecule has 4 rings (SSSR count). The van der Waals surface area contributed by atoms with E-state index in [9.17, 15) is 24.3 Å². The van der Waals surface area contributed by atoms with Gasteiger partial charge in [0.1, 0.15) is 23.3 Å². The zero-order valence-electron chi connectivity index (χ0n) is 17.4. The Bertz CT molecular complexity index is 1110. The number of allylic oxidation sites excluding steroid dienone is 1. The van der Waals surface area contributed by atoms with Crippen molar-refractivity contribution in [1.29, 1.82) is 0 Å². The Morgan fingerprint density at radius 1 is 1.23 bits per heavy atom. The van der Waals surface area contributed by atoms with E-state index < -0.39 is 35.2 Å². The second-order valence-corrected chi connectivity index (χ2v) is 8.62. The first-order valence-corrected chi connectivity index (χ1v) is 9.71.